The minimum absolute atomic E-state index is 0.0453. The quantitative estimate of drug-likeness (QED) is 0.829. The standard InChI is InChI=1S/C12H19N3O/c1-4-13-11-7-10(9-5-6-9)14-12(15-11)8(2)16-3/h7-9H,4-6H2,1-3H3,(H,13,14,15). The van der Waals surface area contributed by atoms with Crippen LogP contribution >= 0.6 is 0 Å². The molecule has 4 nitrogen and oxygen atoms in total. The smallest absolute Gasteiger partial charge is 0.159 e. The van der Waals surface area contributed by atoms with E-state index in [9.17, 15) is 0 Å². The van der Waals surface area contributed by atoms with Crippen molar-refractivity contribution in [2.75, 3.05) is 19.0 Å². The van der Waals surface area contributed by atoms with E-state index < -0.39 is 0 Å². The van der Waals surface area contributed by atoms with Crippen molar-refractivity contribution in [3.05, 3.63) is 17.6 Å². The summed E-state index contributed by atoms with van der Waals surface area (Å²) in [6.45, 7) is 4.92. The van der Waals surface area contributed by atoms with Crippen molar-refractivity contribution in [2.24, 2.45) is 0 Å². The molecule has 1 aromatic rings. The molecule has 1 heterocycles. The normalized spacial score (nSPS) is 17.2. The van der Waals surface area contributed by atoms with Crippen molar-refractivity contribution >= 4 is 5.82 Å². The Balaban J connectivity index is 2.28. The van der Waals surface area contributed by atoms with Gasteiger partial charge < -0.3 is 10.1 Å². The number of rotatable bonds is 5. The molecule has 1 atom stereocenters. The second-order valence-electron chi connectivity index (χ2n) is 4.22. The van der Waals surface area contributed by atoms with Gasteiger partial charge in [0, 0.05) is 31.3 Å². The molecule has 1 aromatic heterocycles. The second kappa shape index (κ2) is 4.78. The van der Waals surface area contributed by atoms with Crippen LogP contribution in [0.1, 0.15) is 50.2 Å². The summed E-state index contributed by atoms with van der Waals surface area (Å²) in [6, 6.07) is 2.06. The molecule has 1 N–H and O–H groups in total. The Kier molecular flexibility index (Phi) is 3.39. The molecule has 0 saturated heterocycles. The van der Waals surface area contributed by atoms with Gasteiger partial charge in [0.1, 0.15) is 11.9 Å². The Morgan fingerprint density at radius 2 is 2.25 bits per heavy atom. The first kappa shape index (κ1) is 11.3. The van der Waals surface area contributed by atoms with Crippen LogP contribution in [-0.4, -0.2) is 23.6 Å². The van der Waals surface area contributed by atoms with E-state index >= 15 is 0 Å². The summed E-state index contributed by atoms with van der Waals surface area (Å²) in [5.74, 6) is 2.34. The third kappa shape index (κ3) is 2.50. The summed E-state index contributed by atoms with van der Waals surface area (Å²) >= 11 is 0. The van der Waals surface area contributed by atoms with Crippen molar-refractivity contribution in [2.45, 2.75) is 38.7 Å². The molecule has 1 saturated carbocycles. The molecule has 0 radical (unpaired) electrons. The number of anilines is 1. The summed E-state index contributed by atoms with van der Waals surface area (Å²) in [5, 5.41) is 3.24. The molecule has 0 amide bonds. The van der Waals surface area contributed by atoms with Crippen LogP contribution in [-0.2, 0) is 4.74 Å². The Bertz CT molecular complexity index is 363. The lowest BCUT2D eigenvalue weighted by Crippen LogP contribution is -2.09. The van der Waals surface area contributed by atoms with Crippen LogP contribution in [0.25, 0.3) is 0 Å². The molecule has 16 heavy (non-hydrogen) atoms. The van der Waals surface area contributed by atoms with Crippen molar-refractivity contribution < 1.29 is 4.74 Å². The van der Waals surface area contributed by atoms with E-state index in [0.717, 1.165) is 23.9 Å². The highest BCUT2D eigenvalue weighted by molar-refractivity contribution is 5.38. The molecular formula is C12H19N3O. The molecule has 1 aliphatic carbocycles. The van der Waals surface area contributed by atoms with Crippen molar-refractivity contribution in [1.82, 2.24) is 9.97 Å². The molecule has 2 rings (SSSR count). The van der Waals surface area contributed by atoms with E-state index in [1.54, 1.807) is 7.11 Å². The van der Waals surface area contributed by atoms with Gasteiger partial charge in [-0.05, 0) is 26.7 Å². The fourth-order valence-electron chi connectivity index (χ4n) is 1.63. The van der Waals surface area contributed by atoms with Crippen molar-refractivity contribution in [1.29, 1.82) is 0 Å². The molecule has 0 bridgehead atoms. The van der Waals surface area contributed by atoms with Gasteiger partial charge in [0.05, 0.1) is 0 Å². The third-order valence-electron chi connectivity index (χ3n) is 2.83. The van der Waals surface area contributed by atoms with Crippen LogP contribution in [0.5, 0.6) is 0 Å². The Morgan fingerprint density at radius 3 is 2.81 bits per heavy atom. The molecule has 0 aliphatic heterocycles. The Morgan fingerprint density at radius 1 is 1.50 bits per heavy atom. The van der Waals surface area contributed by atoms with Gasteiger partial charge in [0.2, 0.25) is 0 Å². The lowest BCUT2D eigenvalue weighted by molar-refractivity contribution is 0.112. The predicted octanol–water partition coefficient (Wildman–Crippen LogP) is 2.49. The van der Waals surface area contributed by atoms with Crippen LogP contribution in [0.3, 0.4) is 0 Å². The lowest BCUT2D eigenvalue weighted by Gasteiger charge is -2.12. The van der Waals surface area contributed by atoms with Crippen LogP contribution in [0.2, 0.25) is 0 Å². The zero-order valence-corrected chi connectivity index (χ0v) is 10.2. The average Bonchev–Trinajstić information content (AvgIpc) is 3.12. The number of hydrogen-bond acceptors (Lipinski definition) is 4. The molecule has 1 fully saturated rings. The maximum atomic E-state index is 5.27. The topological polar surface area (TPSA) is 47.0 Å². The SMILES string of the molecule is CCNc1cc(C2CC2)nc(C(C)OC)n1. The average molecular weight is 221 g/mol. The second-order valence-corrected chi connectivity index (χ2v) is 4.22. The highest BCUT2D eigenvalue weighted by atomic mass is 16.5. The molecule has 1 unspecified atom stereocenters. The highest BCUT2D eigenvalue weighted by Crippen LogP contribution is 2.39. The van der Waals surface area contributed by atoms with Gasteiger partial charge in [-0.15, -0.1) is 0 Å². The van der Waals surface area contributed by atoms with Crippen LogP contribution in [0.4, 0.5) is 5.82 Å². The number of aromatic nitrogens is 2. The first-order valence-electron chi connectivity index (χ1n) is 5.90. The van der Waals surface area contributed by atoms with E-state index in [1.807, 2.05) is 6.92 Å². The van der Waals surface area contributed by atoms with Crippen LogP contribution < -0.4 is 5.32 Å². The van der Waals surface area contributed by atoms with Crippen LogP contribution in [0.15, 0.2) is 6.07 Å². The summed E-state index contributed by atoms with van der Waals surface area (Å²) in [6.07, 6.45) is 2.46. The molecule has 88 valence electrons. The van der Waals surface area contributed by atoms with Crippen molar-refractivity contribution in [3.8, 4) is 0 Å². The minimum atomic E-state index is -0.0453. The first-order valence-corrected chi connectivity index (χ1v) is 5.90. The fourth-order valence-corrected chi connectivity index (χ4v) is 1.63. The fraction of sp³-hybridized carbons (Fsp3) is 0.667. The largest absolute Gasteiger partial charge is 0.374 e. The molecule has 4 heteroatoms. The minimum Gasteiger partial charge on any atom is -0.374 e. The van der Waals surface area contributed by atoms with Gasteiger partial charge in [-0.1, -0.05) is 0 Å². The monoisotopic (exact) mass is 221 g/mol. The zero-order valence-electron chi connectivity index (χ0n) is 10.2. The van der Waals surface area contributed by atoms with E-state index in [0.29, 0.717) is 5.92 Å². The Labute approximate surface area is 96.4 Å². The number of nitrogens with zero attached hydrogens (tertiary/aromatic N) is 2. The van der Waals surface area contributed by atoms with Gasteiger partial charge in [-0.25, -0.2) is 9.97 Å². The van der Waals surface area contributed by atoms with E-state index in [-0.39, 0.29) is 6.10 Å². The zero-order chi connectivity index (χ0) is 11.5. The molecule has 1 aliphatic rings. The number of methoxy groups -OCH3 is 1. The predicted molar refractivity (Wildman–Crippen MR) is 63.6 cm³/mol. The maximum absolute atomic E-state index is 5.27. The van der Waals surface area contributed by atoms with Gasteiger partial charge in [-0.2, -0.15) is 0 Å². The van der Waals surface area contributed by atoms with E-state index in [1.165, 1.54) is 12.8 Å². The van der Waals surface area contributed by atoms with Gasteiger partial charge in [-0.3, -0.25) is 0 Å². The molecule has 0 spiro atoms. The third-order valence-corrected chi connectivity index (χ3v) is 2.83. The number of hydrogen-bond donors (Lipinski definition) is 1. The van der Waals surface area contributed by atoms with Gasteiger partial charge in [0.15, 0.2) is 5.82 Å². The Hall–Kier alpha value is -1.16. The lowest BCUT2D eigenvalue weighted by atomic mass is 10.2. The van der Waals surface area contributed by atoms with E-state index in [4.69, 9.17) is 4.74 Å². The number of nitrogens with one attached hydrogen (secondary N) is 1. The van der Waals surface area contributed by atoms with Gasteiger partial charge >= 0.3 is 0 Å². The molecule has 0 aromatic carbocycles. The van der Waals surface area contributed by atoms with Crippen LogP contribution in [0, 0.1) is 0 Å². The summed E-state index contributed by atoms with van der Waals surface area (Å²) in [7, 11) is 1.69. The summed E-state index contributed by atoms with van der Waals surface area (Å²) < 4.78 is 5.27. The summed E-state index contributed by atoms with van der Waals surface area (Å²) in [5.41, 5.74) is 1.16. The molecular weight excluding hydrogens is 202 g/mol. The van der Waals surface area contributed by atoms with Gasteiger partial charge in [0.25, 0.3) is 0 Å². The first-order chi connectivity index (χ1) is 7.74. The maximum Gasteiger partial charge on any atom is 0.159 e. The van der Waals surface area contributed by atoms with Crippen molar-refractivity contribution in [3.63, 3.8) is 0 Å². The number of ether oxygens (including phenoxy) is 1. The highest BCUT2D eigenvalue weighted by Gasteiger charge is 2.26. The summed E-state index contributed by atoms with van der Waals surface area (Å²) in [4.78, 5) is 9.03. The van der Waals surface area contributed by atoms with E-state index in [2.05, 4.69) is 28.3 Å².